The smallest absolute Gasteiger partial charge is 0.270 e. The maximum atomic E-state index is 12.5. The van der Waals surface area contributed by atoms with Crippen LogP contribution in [0.15, 0.2) is 53.6 Å². The Labute approximate surface area is 132 Å². The maximum Gasteiger partial charge on any atom is 0.270 e. The van der Waals surface area contributed by atoms with Crippen molar-refractivity contribution in [2.75, 3.05) is 4.72 Å². The standard InChI is InChI=1S/C15H13N3O4S/c1-10-2-4-11(5-3-10)17-23(21,22)15-9-16-14-7-6-12(18(19)20)8-13(14)15/h2-9,16-17H,1H3. The fraction of sp³-hybridized carbons (Fsp3) is 0.0667. The molecule has 0 atom stereocenters. The van der Waals surface area contributed by atoms with Crippen molar-refractivity contribution < 1.29 is 13.3 Å². The Balaban J connectivity index is 2.05. The lowest BCUT2D eigenvalue weighted by Crippen LogP contribution is -2.12. The van der Waals surface area contributed by atoms with Gasteiger partial charge in [-0.15, -0.1) is 0 Å². The molecule has 8 heteroatoms. The van der Waals surface area contributed by atoms with E-state index in [1.165, 1.54) is 24.4 Å². The van der Waals surface area contributed by atoms with Crippen LogP contribution in [-0.2, 0) is 10.0 Å². The number of nitro groups is 1. The third kappa shape index (κ3) is 2.88. The predicted octanol–water partition coefficient (Wildman–Crippen LogP) is 3.19. The van der Waals surface area contributed by atoms with Crippen LogP contribution in [0.25, 0.3) is 10.9 Å². The zero-order chi connectivity index (χ0) is 16.6. The van der Waals surface area contributed by atoms with Crippen molar-refractivity contribution in [3.05, 3.63) is 64.3 Å². The predicted molar refractivity (Wildman–Crippen MR) is 86.9 cm³/mol. The molecule has 3 aromatic rings. The first-order chi connectivity index (χ1) is 10.9. The minimum Gasteiger partial charge on any atom is -0.360 e. The fourth-order valence-electron chi connectivity index (χ4n) is 2.25. The SMILES string of the molecule is Cc1ccc(NS(=O)(=O)c2c[nH]c3ccc([N+](=O)[O-])cc23)cc1. The van der Waals surface area contributed by atoms with E-state index in [2.05, 4.69) is 9.71 Å². The highest BCUT2D eigenvalue weighted by Crippen LogP contribution is 2.28. The first-order valence-electron chi connectivity index (χ1n) is 6.72. The molecule has 2 aromatic carbocycles. The number of nitrogens with zero attached hydrogens (tertiary/aromatic N) is 1. The fourth-order valence-corrected chi connectivity index (χ4v) is 3.48. The molecule has 0 spiro atoms. The third-order valence-corrected chi connectivity index (χ3v) is 4.85. The molecular formula is C15H13N3O4S. The Morgan fingerprint density at radius 3 is 2.48 bits per heavy atom. The zero-order valence-electron chi connectivity index (χ0n) is 12.1. The molecule has 118 valence electrons. The average molecular weight is 331 g/mol. The molecule has 0 saturated carbocycles. The summed E-state index contributed by atoms with van der Waals surface area (Å²) in [5, 5.41) is 11.2. The number of sulfonamides is 1. The van der Waals surface area contributed by atoms with Crippen molar-refractivity contribution in [1.29, 1.82) is 0 Å². The van der Waals surface area contributed by atoms with E-state index in [9.17, 15) is 18.5 Å². The van der Waals surface area contributed by atoms with Crippen LogP contribution in [0.1, 0.15) is 5.56 Å². The molecule has 0 aliphatic rings. The first-order valence-corrected chi connectivity index (χ1v) is 8.20. The summed E-state index contributed by atoms with van der Waals surface area (Å²) in [5.74, 6) is 0. The summed E-state index contributed by atoms with van der Waals surface area (Å²) < 4.78 is 27.6. The van der Waals surface area contributed by atoms with Gasteiger partial charge in [-0.05, 0) is 25.1 Å². The Bertz CT molecular complexity index is 991. The van der Waals surface area contributed by atoms with E-state index in [4.69, 9.17) is 0 Å². The van der Waals surface area contributed by atoms with Crippen LogP contribution in [0, 0.1) is 17.0 Å². The topological polar surface area (TPSA) is 105 Å². The van der Waals surface area contributed by atoms with Gasteiger partial charge >= 0.3 is 0 Å². The number of anilines is 1. The van der Waals surface area contributed by atoms with E-state index in [-0.39, 0.29) is 16.0 Å². The van der Waals surface area contributed by atoms with Crippen LogP contribution in [0.5, 0.6) is 0 Å². The molecule has 0 saturated heterocycles. The number of aromatic amines is 1. The second kappa shape index (κ2) is 5.40. The molecule has 0 aliphatic heterocycles. The number of nitrogens with one attached hydrogen (secondary N) is 2. The molecule has 0 aliphatic carbocycles. The Hall–Kier alpha value is -2.87. The number of benzene rings is 2. The molecule has 1 aromatic heterocycles. The molecule has 1 heterocycles. The van der Waals surface area contributed by atoms with Gasteiger partial charge in [0.05, 0.1) is 4.92 Å². The number of nitro benzene ring substituents is 1. The van der Waals surface area contributed by atoms with Gasteiger partial charge in [0.1, 0.15) is 4.90 Å². The third-order valence-electron chi connectivity index (χ3n) is 3.43. The van der Waals surface area contributed by atoms with E-state index < -0.39 is 14.9 Å². The quantitative estimate of drug-likeness (QED) is 0.565. The highest BCUT2D eigenvalue weighted by molar-refractivity contribution is 7.93. The number of hydrogen-bond acceptors (Lipinski definition) is 4. The van der Waals surface area contributed by atoms with Crippen molar-refractivity contribution in [3.63, 3.8) is 0 Å². The number of H-pyrrole nitrogens is 1. The lowest BCUT2D eigenvalue weighted by atomic mass is 10.2. The maximum absolute atomic E-state index is 12.5. The number of aromatic nitrogens is 1. The summed E-state index contributed by atoms with van der Waals surface area (Å²) in [6.07, 6.45) is 1.32. The zero-order valence-corrected chi connectivity index (χ0v) is 12.9. The normalized spacial score (nSPS) is 11.5. The van der Waals surface area contributed by atoms with Crippen molar-refractivity contribution in [3.8, 4) is 0 Å². The molecule has 0 unspecified atom stereocenters. The van der Waals surface area contributed by atoms with Gasteiger partial charge in [-0.3, -0.25) is 14.8 Å². The van der Waals surface area contributed by atoms with Crippen molar-refractivity contribution in [2.24, 2.45) is 0 Å². The summed E-state index contributed by atoms with van der Waals surface area (Å²) in [7, 11) is -3.86. The van der Waals surface area contributed by atoms with Crippen molar-refractivity contribution >= 4 is 32.3 Å². The van der Waals surface area contributed by atoms with Crippen LogP contribution in [0.2, 0.25) is 0 Å². The van der Waals surface area contributed by atoms with Crippen LogP contribution < -0.4 is 4.72 Å². The number of fused-ring (bicyclic) bond motifs is 1. The monoisotopic (exact) mass is 331 g/mol. The molecule has 0 bridgehead atoms. The Morgan fingerprint density at radius 2 is 1.83 bits per heavy atom. The van der Waals surface area contributed by atoms with Gasteiger partial charge in [0, 0.05) is 34.9 Å². The van der Waals surface area contributed by atoms with Gasteiger partial charge in [0.15, 0.2) is 0 Å². The second-order valence-electron chi connectivity index (χ2n) is 5.11. The van der Waals surface area contributed by atoms with E-state index in [0.717, 1.165) is 5.56 Å². The molecule has 0 fully saturated rings. The summed E-state index contributed by atoms with van der Waals surface area (Å²) in [6.45, 7) is 1.90. The summed E-state index contributed by atoms with van der Waals surface area (Å²) in [5.41, 5.74) is 1.79. The van der Waals surface area contributed by atoms with Gasteiger partial charge in [-0.2, -0.15) is 0 Å². The van der Waals surface area contributed by atoms with E-state index >= 15 is 0 Å². The van der Waals surface area contributed by atoms with Crippen molar-refractivity contribution in [2.45, 2.75) is 11.8 Å². The van der Waals surface area contributed by atoms with E-state index in [1.54, 1.807) is 24.3 Å². The number of non-ortho nitro benzene ring substituents is 1. The average Bonchev–Trinajstić information content (AvgIpc) is 2.93. The second-order valence-corrected chi connectivity index (χ2v) is 6.76. The summed E-state index contributed by atoms with van der Waals surface area (Å²) >= 11 is 0. The summed E-state index contributed by atoms with van der Waals surface area (Å²) in [6, 6.07) is 10.9. The molecule has 2 N–H and O–H groups in total. The van der Waals surface area contributed by atoms with Crippen LogP contribution >= 0.6 is 0 Å². The molecule has 0 radical (unpaired) electrons. The number of hydrogen-bond donors (Lipinski definition) is 2. The van der Waals surface area contributed by atoms with Gasteiger partial charge in [0.25, 0.3) is 15.7 Å². The molecule has 23 heavy (non-hydrogen) atoms. The molecule has 3 rings (SSSR count). The van der Waals surface area contributed by atoms with Gasteiger partial charge in [0.2, 0.25) is 0 Å². The van der Waals surface area contributed by atoms with Crippen LogP contribution in [0.4, 0.5) is 11.4 Å². The van der Waals surface area contributed by atoms with E-state index in [0.29, 0.717) is 11.2 Å². The van der Waals surface area contributed by atoms with Gasteiger partial charge < -0.3 is 4.98 Å². The minimum atomic E-state index is -3.86. The minimum absolute atomic E-state index is 0.0308. The largest absolute Gasteiger partial charge is 0.360 e. The number of aryl methyl sites for hydroxylation is 1. The molecule has 7 nitrogen and oxygen atoms in total. The highest BCUT2D eigenvalue weighted by atomic mass is 32.2. The molecular weight excluding hydrogens is 318 g/mol. The number of rotatable bonds is 4. The molecule has 0 amide bonds. The lowest BCUT2D eigenvalue weighted by molar-refractivity contribution is -0.384. The van der Waals surface area contributed by atoms with Gasteiger partial charge in [-0.25, -0.2) is 8.42 Å². The first kappa shape index (κ1) is 15.0. The van der Waals surface area contributed by atoms with E-state index in [1.807, 2.05) is 6.92 Å². The lowest BCUT2D eigenvalue weighted by Gasteiger charge is -2.07. The Morgan fingerprint density at radius 1 is 1.13 bits per heavy atom. The highest BCUT2D eigenvalue weighted by Gasteiger charge is 2.21. The van der Waals surface area contributed by atoms with Crippen molar-refractivity contribution in [1.82, 2.24) is 4.98 Å². The van der Waals surface area contributed by atoms with Crippen LogP contribution in [0.3, 0.4) is 0 Å². The van der Waals surface area contributed by atoms with Gasteiger partial charge in [-0.1, -0.05) is 17.7 Å². The summed E-state index contributed by atoms with van der Waals surface area (Å²) in [4.78, 5) is 13.1. The van der Waals surface area contributed by atoms with Crippen LogP contribution in [-0.4, -0.2) is 18.3 Å². The Kier molecular flexibility index (Phi) is 3.53.